The molecule has 13 heavy (non-hydrogen) atoms. The molecule has 1 heterocycles. The third-order valence-corrected chi connectivity index (χ3v) is 1.81. The Labute approximate surface area is 76.1 Å². The number of carbonyl (C=O) groups excluding carboxylic acids is 2. The molecule has 0 bridgehead atoms. The van der Waals surface area contributed by atoms with E-state index in [0.29, 0.717) is 6.61 Å². The average molecular weight is 187 g/mol. The maximum Gasteiger partial charge on any atom is 0.227 e. The van der Waals surface area contributed by atoms with E-state index in [1.54, 1.807) is 0 Å². The highest BCUT2D eigenvalue weighted by atomic mass is 16.5. The van der Waals surface area contributed by atoms with E-state index < -0.39 is 6.10 Å². The first kappa shape index (κ1) is 10.1. The van der Waals surface area contributed by atoms with E-state index in [2.05, 4.69) is 5.32 Å². The Hall–Kier alpha value is -0.940. The van der Waals surface area contributed by atoms with Crippen LogP contribution in [0.4, 0.5) is 0 Å². The van der Waals surface area contributed by atoms with Crippen molar-refractivity contribution in [3.8, 4) is 0 Å². The highest BCUT2D eigenvalue weighted by Gasteiger charge is 2.27. The summed E-state index contributed by atoms with van der Waals surface area (Å²) in [5, 5.41) is 11.8. The summed E-state index contributed by atoms with van der Waals surface area (Å²) in [5.74, 6) is -0.548. The van der Waals surface area contributed by atoms with Crippen LogP contribution in [0.5, 0.6) is 0 Å². The number of aliphatic hydroxyl groups excluding tert-OH is 1. The largest absolute Gasteiger partial charge is 0.388 e. The minimum Gasteiger partial charge on any atom is -0.388 e. The van der Waals surface area contributed by atoms with Crippen LogP contribution in [-0.4, -0.2) is 42.2 Å². The van der Waals surface area contributed by atoms with Gasteiger partial charge in [0.1, 0.15) is 5.78 Å². The van der Waals surface area contributed by atoms with Gasteiger partial charge in [0.15, 0.2) is 0 Å². The molecule has 0 radical (unpaired) electrons. The maximum absolute atomic E-state index is 11.1. The zero-order chi connectivity index (χ0) is 9.84. The van der Waals surface area contributed by atoms with Gasteiger partial charge in [0.05, 0.1) is 31.8 Å². The molecule has 0 aromatic heterocycles. The lowest BCUT2D eigenvalue weighted by molar-refractivity contribution is -0.128. The quantitative estimate of drug-likeness (QED) is 0.546. The van der Waals surface area contributed by atoms with Gasteiger partial charge in [0, 0.05) is 0 Å². The molecule has 2 N–H and O–H groups in total. The van der Waals surface area contributed by atoms with E-state index in [1.807, 2.05) is 0 Å². The van der Waals surface area contributed by atoms with Crippen LogP contribution >= 0.6 is 0 Å². The Morgan fingerprint density at radius 3 is 2.69 bits per heavy atom. The molecule has 1 amide bonds. The van der Waals surface area contributed by atoms with Crippen molar-refractivity contribution in [2.45, 2.75) is 25.5 Å². The predicted molar refractivity (Wildman–Crippen MR) is 44.1 cm³/mol. The molecule has 74 valence electrons. The van der Waals surface area contributed by atoms with Gasteiger partial charge in [0.2, 0.25) is 5.91 Å². The number of amides is 1. The standard InChI is InChI=1S/C8H13NO4/c1-5(10)2-8(12)9-6-3-13-4-7(6)11/h6-7,11H,2-4H2,1H3,(H,9,12)/t6-,7-/m1/s1. The number of hydrogen-bond donors (Lipinski definition) is 2. The molecule has 1 saturated heterocycles. The van der Waals surface area contributed by atoms with Crippen molar-refractivity contribution >= 4 is 11.7 Å². The van der Waals surface area contributed by atoms with E-state index in [1.165, 1.54) is 6.92 Å². The normalized spacial score (nSPS) is 27.2. The maximum atomic E-state index is 11.1. The third kappa shape index (κ3) is 3.12. The molecule has 0 aliphatic carbocycles. The number of hydrogen-bond acceptors (Lipinski definition) is 4. The number of carbonyl (C=O) groups is 2. The second-order valence-corrected chi connectivity index (χ2v) is 3.16. The zero-order valence-electron chi connectivity index (χ0n) is 7.45. The van der Waals surface area contributed by atoms with Crippen molar-refractivity contribution in [1.82, 2.24) is 5.32 Å². The number of ketones is 1. The van der Waals surface area contributed by atoms with Crippen LogP contribution in [0.25, 0.3) is 0 Å². The van der Waals surface area contributed by atoms with Gasteiger partial charge in [-0.25, -0.2) is 0 Å². The first-order valence-electron chi connectivity index (χ1n) is 4.14. The van der Waals surface area contributed by atoms with Gasteiger partial charge in [-0.3, -0.25) is 9.59 Å². The first-order chi connectivity index (χ1) is 6.09. The fourth-order valence-corrected chi connectivity index (χ4v) is 1.16. The van der Waals surface area contributed by atoms with Gasteiger partial charge < -0.3 is 15.2 Å². The van der Waals surface area contributed by atoms with Crippen LogP contribution in [0.15, 0.2) is 0 Å². The van der Waals surface area contributed by atoms with Gasteiger partial charge in [-0.2, -0.15) is 0 Å². The van der Waals surface area contributed by atoms with Crippen LogP contribution in [0.2, 0.25) is 0 Å². The lowest BCUT2D eigenvalue weighted by Crippen LogP contribution is -2.42. The van der Waals surface area contributed by atoms with Gasteiger partial charge in [0.25, 0.3) is 0 Å². The van der Waals surface area contributed by atoms with Crippen LogP contribution in [0.3, 0.4) is 0 Å². The summed E-state index contributed by atoms with van der Waals surface area (Å²) in [5.41, 5.74) is 0. The molecule has 5 heteroatoms. The third-order valence-electron chi connectivity index (χ3n) is 1.81. The topological polar surface area (TPSA) is 75.6 Å². The van der Waals surface area contributed by atoms with Crippen molar-refractivity contribution in [1.29, 1.82) is 0 Å². The molecule has 0 aromatic carbocycles. The number of nitrogens with one attached hydrogen (secondary N) is 1. The SMILES string of the molecule is CC(=O)CC(=O)N[C@@H]1COC[C@H]1O. The van der Waals surface area contributed by atoms with E-state index >= 15 is 0 Å². The second-order valence-electron chi connectivity index (χ2n) is 3.16. The molecule has 5 nitrogen and oxygen atoms in total. The molecule has 1 rings (SSSR count). The molecule has 0 aromatic rings. The van der Waals surface area contributed by atoms with Crippen LogP contribution in [-0.2, 0) is 14.3 Å². The molecule has 1 aliphatic rings. The van der Waals surface area contributed by atoms with E-state index in [9.17, 15) is 14.7 Å². The molecule has 1 aliphatic heterocycles. The molecule has 0 saturated carbocycles. The fourth-order valence-electron chi connectivity index (χ4n) is 1.16. The molecule has 2 atom stereocenters. The minimum atomic E-state index is -0.657. The smallest absolute Gasteiger partial charge is 0.227 e. The summed E-state index contributed by atoms with van der Waals surface area (Å²) in [6.07, 6.45) is -0.792. The van der Waals surface area contributed by atoms with Crippen LogP contribution < -0.4 is 5.32 Å². The summed E-state index contributed by atoms with van der Waals surface area (Å²) < 4.78 is 4.93. The van der Waals surface area contributed by atoms with Gasteiger partial charge in [-0.1, -0.05) is 0 Å². The Morgan fingerprint density at radius 2 is 2.23 bits per heavy atom. The number of ether oxygens (including phenoxy) is 1. The van der Waals surface area contributed by atoms with Crippen molar-refractivity contribution in [3.63, 3.8) is 0 Å². The fraction of sp³-hybridized carbons (Fsp3) is 0.750. The molecular weight excluding hydrogens is 174 g/mol. The van der Waals surface area contributed by atoms with Crippen molar-refractivity contribution in [3.05, 3.63) is 0 Å². The van der Waals surface area contributed by atoms with Gasteiger partial charge in [-0.15, -0.1) is 0 Å². The van der Waals surface area contributed by atoms with E-state index in [0.717, 1.165) is 0 Å². The first-order valence-corrected chi connectivity index (χ1v) is 4.14. The highest BCUT2D eigenvalue weighted by Crippen LogP contribution is 2.04. The van der Waals surface area contributed by atoms with Crippen molar-refractivity contribution < 1.29 is 19.4 Å². The lowest BCUT2D eigenvalue weighted by Gasteiger charge is -2.13. The predicted octanol–water partition coefficient (Wildman–Crippen LogP) is -1.16. The molecule has 1 fully saturated rings. The average Bonchev–Trinajstić information content (AvgIpc) is 2.34. The summed E-state index contributed by atoms with van der Waals surface area (Å²) in [4.78, 5) is 21.6. The van der Waals surface area contributed by atoms with Crippen LogP contribution in [0.1, 0.15) is 13.3 Å². The summed E-state index contributed by atoms with van der Waals surface area (Å²) >= 11 is 0. The van der Waals surface area contributed by atoms with Crippen molar-refractivity contribution in [2.75, 3.05) is 13.2 Å². The van der Waals surface area contributed by atoms with Gasteiger partial charge in [-0.05, 0) is 6.92 Å². The Balaban J connectivity index is 2.31. The van der Waals surface area contributed by atoms with E-state index in [4.69, 9.17) is 4.74 Å². The Morgan fingerprint density at radius 1 is 1.54 bits per heavy atom. The molecule has 0 unspecified atom stereocenters. The minimum absolute atomic E-state index is 0.136. The molecule has 0 spiro atoms. The zero-order valence-corrected chi connectivity index (χ0v) is 7.45. The summed E-state index contributed by atoms with van der Waals surface area (Å²) in [6, 6.07) is -0.369. The molecular formula is C8H13NO4. The van der Waals surface area contributed by atoms with Crippen molar-refractivity contribution in [2.24, 2.45) is 0 Å². The number of Topliss-reactive ketones (excluding diaryl/α,β-unsaturated/α-hetero) is 1. The number of aliphatic hydroxyl groups is 1. The number of rotatable bonds is 3. The Bertz CT molecular complexity index is 216. The van der Waals surface area contributed by atoms with E-state index in [-0.39, 0.29) is 30.8 Å². The van der Waals surface area contributed by atoms with Crippen LogP contribution in [0, 0.1) is 0 Å². The summed E-state index contributed by atoms with van der Waals surface area (Å²) in [7, 11) is 0. The lowest BCUT2D eigenvalue weighted by atomic mass is 10.2. The Kier molecular flexibility index (Phi) is 3.39. The van der Waals surface area contributed by atoms with Gasteiger partial charge >= 0.3 is 0 Å². The highest BCUT2D eigenvalue weighted by molar-refractivity contribution is 5.96. The summed E-state index contributed by atoms with van der Waals surface area (Å²) in [6.45, 7) is 1.90. The monoisotopic (exact) mass is 187 g/mol. The second kappa shape index (κ2) is 4.34.